The third-order valence-corrected chi connectivity index (χ3v) is 4.86. The molecular formula is C25H27NO4. The number of ketones is 1. The molecule has 0 fully saturated rings. The molecule has 0 amide bonds. The second-order valence-electron chi connectivity index (χ2n) is 7.16. The van der Waals surface area contributed by atoms with Crippen molar-refractivity contribution in [2.24, 2.45) is 0 Å². The minimum Gasteiger partial charge on any atom is -0.488 e. The summed E-state index contributed by atoms with van der Waals surface area (Å²) in [6, 6.07) is 19.1. The molecule has 1 aromatic heterocycles. The molecule has 0 aliphatic carbocycles. The Kier molecular flexibility index (Phi) is 7.60. The molecule has 0 saturated carbocycles. The second kappa shape index (κ2) is 10.6. The van der Waals surface area contributed by atoms with Crippen LogP contribution in [0.15, 0.2) is 72.9 Å². The molecule has 0 radical (unpaired) electrons. The topological polar surface area (TPSA) is 60.7 Å². The summed E-state index contributed by atoms with van der Waals surface area (Å²) in [5.74, 6) is 0.734. The first-order valence-electron chi connectivity index (χ1n) is 10.1. The first-order chi connectivity index (χ1) is 14.6. The van der Waals surface area contributed by atoms with E-state index in [2.05, 4.69) is 4.89 Å². The number of ether oxygens (including phenoxy) is 1. The first kappa shape index (κ1) is 21.6. The van der Waals surface area contributed by atoms with Gasteiger partial charge in [0.25, 0.3) is 0 Å². The summed E-state index contributed by atoms with van der Waals surface area (Å²) < 4.78 is 7.77. The van der Waals surface area contributed by atoms with Gasteiger partial charge in [0.2, 0.25) is 5.78 Å². The van der Waals surface area contributed by atoms with Crippen LogP contribution in [0.25, 0.3) is 6.08 Å². The molecule has 5 heteroatoms. The Bertz CT molecular complexity index is 988. The number of nitrogens with zero attached hydrogens (tertiary/aromatic N) is 1. The van der Waals surface area contributed by atoms with Gasteiger partial charge in [-0.1, -0.05) is 61.0 Å². The van der Waals surface area contributed by atoms with E-state index in [0.717, 1.165) is 23.3 Å². The third kappa shape index (κ3) is 5.69. The highest BCUT2D eigenvalue weighted by Gasteiger charge is 2.12. The predicted molar refractivity (Wildman–Crippen MR) is 118 cm³/mol. The quantitative estimate of drug-likeness (QED) is 0.279. The average molecular weight is 405 g/mol. The summed E-state index contributed by atoms with van der Waals surface area (Å²) in [5, 5.41) is 8.64. The van der Waals surface area contributed by atoms with Crippen molar-refractivity contribution in [1.29, 1.82) is 0 Å². The van der Waals surface area contributed by atoms with Crippen molar-refractivity contribution in [3.8, 4) is 5.75 Å². The lowest BCUT2D eigenvalue weighted by Crippen LogP contribution is -2.21. The number of aryl methyl sites for hydroxylation is 1. The van der Waals surface area contributed by atoms with E-state index in [-0.39, 0.29) is 18.5 Å². The zero-order valence-corrected chi connectivity index (χ0v) is 17.3. The fraction of sp³-hybridized carbons (Fsp3) is 0.240. The lowest BCUT2D eigenvalue weighted by atomic mass is 10.1. The van der Waals surface area contributed by atoms with Crippen LogP contribution in [-0.4, -0.2) is 28.3 Å². The summed E-state index contributed by atoms with van der Waals surface area (Å²) in [6.45, 7) is 4.69. The highest BCUT2D eigenvalue weighted by atomic mass is 17.1. The Morgan fingerprint density at radius 1 is 1.13 bits per heavy atom. The van der Waals surface area contributed by atoms with Gasteiger partial charge in [0.1, 0.15) is 18.5 Å². The highest BCUT2D eigenvalue weighted by molar-refractivity contribution is 6.08. The van der Waals surface area contributed by atoms with Gasteiger partial charge in [-0.15, -0.1) is 0 Å². The maximum atomic E-state index is 12.8. The standard InChI is InChI=1S/C25H27NO4/c1-3-22(18-29-28)30-23-9-4-7-20(17-23)8-5-15-26-16-6-10-24(26)25(27)21-13-11-19(2)12-14-21/h4-14,16-17,22,28H,3,15,18H2,1-2H3/t22-/m0/s1. The van der Waals surface area contributed by atoms with Crippen LogP contribution in [0.3, 0.4) is 0 Å². The Hall–Kier alpha value is -3.15. The number of hydrogen-bond donors (Lipinski definition) is 1. The largest absolute Gasteiger partial charge is 0.488 e. The zero-order chi connectivity index (χ0) is 21.3. The summed E-state index contributed by atoms with van der Waals surface area (Å²) in [5.41, 5.74) is 3.47. The summed E-state index contributed by atoms with van der Waals surface area (Å²) in [7, 11) is 0. The molecule has 1 heterocycles. The molecule has 5 nitrogen and oxygen atoms in total. The minimum atomic E-state index is -0.204. The molecule has 30 heavy (non-hydrogen) atoms. The van der Waals surface area contributed by atoms with Crippen LogP contribution in [-0.2, 0) is 11.4 Å². The smallest absolute Gasteiger partial charge is 0.209 e. The van der Waals surface area contributed by atoms with Gasteiger partial charge in [-0.2, -0.15) is 0 Å². The van der Waals surface area contributed by atoms with E-state index in [1.807, 2.05) is 97.4 Å². The van der Waals surface area contributed by atoms with Crippen LogP contribution in [0.5, 0.6) is 5.75 Å². The maximum absolute atomic E-state index is 12.8. The number of carbonyl (C=O) groups is 1. The van der Waals surface area contributed by atoms with Gasteiger partial charge in [-0.3, -0.25) is 10.1 Å². The van der Waals surface area contributed by atoms with Gasteiger partial charge in [0.15, 0.2) is 0 Å². The van der Waals surface area contributed by atoms with Crippen LogP contribution in [0.1, 0.15) is 40.5 Å². The maximum Gasteiger partial charge on any atom is 0.209 e. The molecule has 156 valence electrons. The first-order valence-corrected chi connectivity index (χ1v) is 10.1. The lowest BCUT2D eigenvalue weighted by molar-refractivity contribution is -0.254. The summed E-state index contributed by atoms with van der Waals surface area (Å²) in [4.78, 5) is 17.0. The van der Waals surface area contributed by atoms with E-state index in [0.29, 0.717) is 17.8 Å². The Labute approximate surface area is 177 Å². The summed E-state index contributed by atoms with van der Waals surface area (Å²) >= 11 is 0. The van der Waals surface area contributed by atoms with Crippen LogP contribution < -0.4 is 4.74 Å². The Morgan fingerprint density at radius 3 is 2.67 bits per heavy atom. The fourth-order valence-electron chi connectivity index (χ4n) is 3.14. The van der Waals surface area contributed by atoms with Gasteiger partial charge in [0.05, 0.1) is 5.69 Å². The molecule has 1 N–H and O–H groups in total. The van der Waals surface area contributed by atoms with Crippen LogP contribution in [0.2, 0.25) is 0 Å². The van der Waals surface area contributed by atoms with E-state index in [9.17, 15) is 4.79 Å². The van der Waals surface area contributed by atoms with Crippen LogP contribution >= 0.6 is 0 Å². The molecule has 2 aromatic carbocycles. The van der Waals surface area contributed by atoms with Gasteiger partial charge in [-0.25, -0.2) is 4.89 Å². The van der Waals surface area contributed by atoms with Crippen molar-refractivity contribution >= 4 is 11.9 Å². The predicted octanol–water partition coefficient (Wildman–Crippen LogP) is 5.39. The fourth-order valence-corrected chi connectivity index (χ4v) is 3.14. The zero-order valence-electron chi connectivity index (χ0n) is 17.3. The average Bonchev–Trinajstić information content (AvgIpc) is 3.22. The molecule has 3 rings (SSSR count). The molecule has 0 aliphatic heterocycles. The second-order valence-corrected chi connectivity index (χ2v) is 7.16. The van der Waals surface area contributed by atoms with Crippen molar-refractivity contribution in [2.75, 3.05) is 6.61 Å². The molecule has 0 unspecified atom stereocenters. The highest BCUT2D eigenvalue weighted by Crippen LogP contribution is 2.18. The lowest BCUT2D eigenvalue weighted by Gasteiger charge is -2.16. The molecule has 3 aromatic rings. The monoisotopic (exact) mass is 405 g/mol. The number of rotatable bonds is 10. The Balaban J connectivity index is 1.67. The number of carbonyl (C=O) groups excluding carboxylic acids is 1. The van der Waals surface area contributed by atoms with Gasteiger partial charge < -0.3 is 9.30 Å². The number of benzene rings is 2. The SMILES string of the molecule is CC[C@@H](COO)Oc1cccc(C=CCn2cccc2C(=O)c2ccc(C)cc2)c1. The Morgan fingerprint density at radius 2 is 1.93 bits per heavy atom. The van der Waals surface area contributed by atoms with Gasteiger partial charge in [-0.05, 0) is 43.2 Å². The third-order valence-electron chi connectivity index (χ3n) is 4.86. The van der Waals surface area contributed by atoms with E-state index in [4.69, 9.17) is 9.99 Å². The van der Waals surface area contributed by atoms with Gasteiger partial charge in [0, 0.05) is 18.3 Å². The molecule has 0 spiro atoms. The van der Waals surface area contributed by atoms with Gasteiger partial charge >= 0.3 is 0 Å². The van der Waals surface area contributed by atoms with Crippen molar-refractivity contribution in [3.05, 3.63) is 95.3 Å². The molecular weight excluding hydrogens is 378 g/mol. The molecule has 0 saturated heterocycles. The molecule has 0 aliphatic rings. The van der Waals surface area contributed by atoms with Crippen molar-refractivity contribution < 1.29 is 19.7 Å². The number of aromatic nitrogens is 1. The van der Waals surface area contributed by atoms with Crippen LogP contribution in [0.4, 0.5) is 0 Å². The summed E-state index contributed by atoms with van der Waals surface area (Å²) in [6.07, 6.45) is 6.44. The normalized spacial score (nSPS) is 12.2. The van der Waals surface area contributed by atoms with E-state index < -0.39 is 0 Å². The molecule has 0 bridgehead atoms. The molecule has 1 atom stereocenters. The van der Waals surface area contributed by atoms with E-state index in [1.165, 1.54) is 0 Å². The van der Waals surface area contributed by atoms with Crippen molar-refractivity contribution in [3.63, 3.8) is 0 Å². The van der Waals surface area contributed by atoms with Crippen LogP contribution in [0, 0.1) is 6.92 Å². The van der Waals surface area contributed by atoms with E-state index >= 15 is 0 Å². The number of hydrogen-bond acceptors (Lipinski definition) is 4. The van der Waals surface area contributed by atoms with E-state index in [1.54, 1.807) is 0 Å². The minimum absolute atomic E-state index is 0.0144. The van der Waals surface area contributed by atoms with Crippen molar-refractivity contribution in [2.45, 2.75) is 32.9 Å². The number of allylic oxidation sites excluding steroid dienone is 1. The van der Waals surface area contributed by atoms with Crippen molar-refractivity contribution in [1.82, 2.24) is 4.57 Å².